The molecule has 9 heavy (non-hydrogen) atoms. The SMILES string of the molecule is Cl.O.O.O.O.O.O.[H-].[K+].[Mn]. The van der Waals surface area contributed by atoms with Crippen LogP contribution in [0, 0.1) is 0 Å². The summed E-state index contributed by atoms with van der Waals surface area (Å²) in [5, 5.41) is 0. The minimum absolute atomic E-state index is 0. The van der Waals surface area contributed by atoms with E-state index in [1.165, 1.54) is 0 Å². The van der Waals surface area contributed by atoms with Crippen molar-refractivity contribution >= 4 is 12.4 Å². The maximum atomic E-state index is 0. The Balaban J connectivity index is 0. The van der Waals surface area contributed by atoms with Gasteiger partial charge in [-0.15, -0.1) is 12.4 Å². The molecule has 6 nitrogen and oxygen atoms in total. The third kappa shape index (κ3) is 141. The molecule has 9 heteroatoms. The van der Waals surface area contributed by atoms with Gasteiger partial charge in [0.05, 0.1) is 0 Å². The first-order valence-corrected chi connectivity index (χ1v) is 0. The van der Waals surface area contributed by atoms with Crippen molar-refractivity contribution in [3.05, 3.63) is 0 Å². The molecule has 65 valence electrons. The standard InChI is InChI=1S/ClH.K.Mn.6H2O.H/h1H;;;6*1H2;/q;+1;;;;;;;;-1. The fourth-order valence-electron chi connectivity index (χ4n) is 0. The molecular weight excluding hydrogens is 225 g/mol. The molecule has 0 saturated carbocycles. The predicted molar refractivity (Wildman–Crippen MR) is 30.0 cm³/mol. The van der Waals surface area contributed by atoms with Crippen LogP contribution in [-0.4, -0.2) is 32.9 Å². The van der Waals surface area contributed by atoms with E-state index in [9.17, 15) is 0 Å². The second-order valence-corrected chi connectivity index (χ2v) is 0. The van der Waals surface area contributed by atoms with Crippen LogP contribution in [0.2, 0.25) is 0 Å². The van der Waals surface area contributed by atoms with Crippen LogP contribution in [0.3, 0.4) is 0 Å². The van der Waals surface area contributed by atoms with Gasteiger partial charge in [0, 0.05) is 17.1 Å². The molecule has 0 saturated heterocycles. The number of hydrogen-bond donors (Lipinski definition) is 0. The number of hydrogen-bond acceptors (Lipinski definition) is 0. The van der Waals surface area contributed by atoms with E-state index in [1.807, 2.05) is 0 Å². The van der Waals surface area contributed by atoms with Crippen LogP contribution >= 0.6 is 12.4 Å². The van der Waals surface area contributed by atoms with Crippen molar-refractivity contribution in [3.8, 4) is 0 Å². The minimum atomic E-state index is 0. The van der Waals surface area contributed by atoms with Crippen molar-refractivity contribution in [2.75, 3.05) is 0 Å². The molecule has 0 aromatic carbocycles. The van der Waals surface area contributed by atoms with Crippen molar-refractivity contribution < 1.29 is 103 Å². The fourth-order valence-corrected chi connectivity index (χ4v) is 0. The molecule has 0 spiro atoms. The monoisotopic (exact) mass is 239 g/mol. The van der Waals surface area contributed by atoms with Gasteiger partial charge in [-0.1, -0.05) is 0 Å². The van der Waals surface area contributed by atoms with Gasteiger partial charge in [-0.25, -0.2) is 0 Å². The predicted octanol–water partition coefficient (Wildman–Crippen LogP) is -7.41. The maximum absolute atomic E-state index is 0. The molecular formula is H14ClKMnO6. The largest absolute Gasteiger partial charge is 1.00 e. The Bertz CT molecular complexity index is 17.7. The fraction of sp³-hybridized carbons (Fsp3) is 0. The molecule has 0 aromatic heterocycles. The average molecular weight is 240 g/mol. The van der Waals surface area contributed by atoms with Crippen molar-refractivity contribution in [2.24, 2.45) is 0 Å². The smallest absolute Gasteiger partial charge is 1.00 e. The molecule has 0 rings (SSSR count). The zero-order valence-corrected chi connectivity index (χ0v) is 9.91. The molecule has 0 heterocycles. The molecule has 0 aromatic rings. The quantitative estimate of drug-likeness (QED) is 0.363. The van der Waals surface area contributed by atoms with Crippen LogP contribution < -0.4 is 51.4 Å². The van der Waals surface area contributed by atoms with Gasteiger partial charge in [0.1, 0.15) is 0 Å². The van der Waals surface area contributed by atoms with E-state index in [0.29, 0.717) is 0 Å². The third-order valence-corrected chi connectivity index (χ3v) is 0. The second-order valence-electron chi connectivity index (χ2n) is 0. The van der Waals surface area contributed by atoms with Crippen molar-refractivity contribution in [1.82, 2.24) is 0 Å². The van der Waals surface area contributed by atoms with Gasteiger partial charge in [-0.05, 0) is 0 Å². The van der Waals surface area contributed by atoms with Crippen LogP contribution in [0.15, 0.2) is 0 Å². The Kier molecular flexibility index (Phi) is 4740. The Morgan fingerprint density at radius 1 is 0.556 bits per heavy atom. The molecule has 0 amide bonds. The van der Waals surface area contributed by atoms with Crippen molar-refractivity contribution in [2.45, 2.75) is 0 Å². The summed E-state index contributed by atoms with van der Waals surface area (Å²) in [5.74, 6) is 0. The molecule has 0 bridgehead atoms. The van der Waals surface area contributed by atoms with Crippen LogP contribution in [0.4, 0.5) is 0 Å². The number of halogens is 1. The van der Waals surface area contributed by atoms with E-state index in [1.54, 1.807) is 0 Å². The molecule has 0 atom stereocenters. The summed E-state index contributed by atoms with van der Waals surface area (Å²) in [6.45, 7) is 0. The first-order valence-electron chi connectivity index (χ1n) is 0. The number of rotatable bonds is 0. The molecule has 0 aliphatic heterocycles. The summed E-state index contributed by atoms with van der Waals surface area (Å²) in [5.41, 5.74) is 0. The molecule has 12 N–H and O–H groups in total. The van der Waals surface area contributed by atoms with Gasteiger partial charge in [-0.2, -0.15) is 0 Å². The van der Waals surface area contributed by atoms with Crippen LogP contribution in [0.25, 0.3) is 0 Å². The summed E-state index contributed by atoms with van der Waals surface area (Å²) < 4.78 is 0. The van der Waals surface area contributed by atoms with Crippen LogP contribution in [0.5, 0.6) is 0 Å². The zero-order valence-electron chi connectivity index (χ0n) is 5.79. The van der Waals surface area contributed by atoms with Gasteiger partial charge in [0.15, 0.2) is 0 Å². The van der Waals surface area contributed by atoms with Crippen molar-refractivity contribution in [1.29, 1.82) is 0 Å². The minimum Gasteiger partial charge on any atom is -1.00 e. The summed E-state index contributed by atoms with van der Waals surface area (Å²) in [7, 11) is 0. The molecule has 1 radical (unpaired) electrons. The Labute approximate surface area is 113 Å². The van der Waals surface area contributed by atoms with Gasteiger partial charge in [0.25, 0.3) is 0 Å². The summed E-state index contributed by atoms with van der Waals surface area (Å²) in [6.07, 6.45) is 0. The molecule has 0 aliphatic rings. The average Bonchev–Trinajstić information content (AvgIpc) is 0. The van der Waals surface area contributed by atoms with Gasteiger partial charge < -0.3 is 34.3 Å². The normalized spacial score (nSPS) is 0. The summed E-state index contributed by atoms with van der Waals surface area (Å²) in [4.78, 5) is 0. The molecule has 0 aliphatic carbocycles. The van der Waals surface area contributed by atoms with E-state index < -0.39 is 0 Å². The van der Waals surface area contributed by atoms with Gasteiger partial charge in [0.2, 0.25) is 0 Å². The molecule has 0 fully saturated rings. The maximum Gasteiger partial charge on any atom is 1.00 e. The van der Waals surface area contributed by atoms with E-state index in [0.717, 1.165) is 0 Å². The Morgan fingerprint density at radius 3 is 0.556 bits per heavy atom. The van der Waals surface area contributed by atoms with E-state index in [4.69, 9.17) is 0 Å². The van der Waals surface area contributed by atoms with Gasteiger partial charge in [-0.3, -0.25) is 0 Å². The first kappa shape index (κ1) is 240. The van der Waals surface area contributed by atoms with E-state index >= 15 is 0 Å². The van der Waals surface area contributed by atoms with E-state index in [2.05, 4.69) is 0 Å². The topological polar surface area (TPSA) is 189 Å². The Hall–Kier alpha value is 2.21. The first-order chi connectivity index (χ1) is 0. The molecule has 0 unspecified atom stereocenters. The van der Waals surface area contributed by atoms with Crippen molar-refractivity contribution in [3.63, 3.8) is 0 Å². The second kappa shape index (κ2) is 178. The summed E-state index contributed by atoms with van der Waals surface area (Å²) >= 11 is 0. The summed E-state index contributed by atoms with van der Waals surface area (Å²) in [6, 6.07) is 0. The zero-order chi connectivity index (χ0) is 0. The van der Waals surface area contributed by atoms with Gasteiger partial charge >= 0.3 is 51.4 Å². The third-order valence-electron chi connectivity index (χ3n) is 0. The van der Waals surface area contributed by atoms with Crippen LogP contribution in [0.1, 0.15) is 1.43 Å². The van der Waals surface area contributed by atoms with E-state index in [-0.39, 0.29) is 115 Å². The van der Waals surface area contributed by atoms with Crippen LogP contribution in [-0.2, 0) is 17.1 Å². The Morgan fingerprint density at radius 2 is 0.556 bits per heavy atom.